The predicted molar refractivity (Wildman–Crippen MR) is 70.0 cm³/mol. The first kappa shape index (κ1) is 11.2. The number of hydrogen-bond acceptors (Lipinski definition) is 4. The first-order valence-corrected chi connectivity index (χ1v) is 7.24. The minimum Gasteiger partial charge on any atom is -0.486 e. The van der Waals surface area contributed by atoms with Crippen molar-refractivity contribution in [1.82, 2.24) is 5.32 Å². The van der Waals surface area contributed by atoms with Crippen LogP contribution in [0.15, 0.2) is 24.3 Å². The van der Waals surface area contributed by atoms with Crippen LogP contribution in [0.3, 0.4) is 0 Å². The van der Waals surface area contributed by atoms with Gasteiger partial charge in [-0.15, -0.1) is 0 Å². The molecule has 1 saturated heterocycles. The van der Waals surface area contributed by atoms with E-state index < -0.39 is 0 Å². The SMILES string of the molecule is c1ccc2c(c1)OCC(CSCC1CNC1)O2. The molecule has 1 atom stereocenters. The summed E-state index contributed by atoms with van der Waals surface area (Å²) in [5, 5.41) is 3.29. The Labute approximate surface area is 106 Å². The van der Waals surface area contributed by atoms with E-state index in [1.54, 1.807) is 0 Å². The molecule has 3 nitrogen and oxygen atoms in total. The van der Waals surface area contributed by atoms with E-state index in [1.165, 1.54) is 18.8 Å². The molecule has 1 fully saturated rings. The molecule has 0 spiro atoms. The molecule has 0 bridgehead atoms. The van der Waals surface area contributed by atoms with Crippen molar-refractivity contribution < 1.29 is 9.47 Å². The van der Waals surface area contributed by atoms with Crippen LogP contribution in [0.25, 0.3) is 0 Å². The van der Waals surface area contributed by atoms with Crippen LogP contribution in [0.1, 0.15) is 0 Å². The number of para-hydroxylation sites is 2. The Hall–Kier alpha value is -0.870. The van der Waals surface area contributed by atoms with Gasteiger partial charge in [0, 0.05) is 5.75 Å². The van der Waals surface area contributed by atoms with Gasteiger partial charge in [-0.1, -0.05) is 12.1 Å². The summed E-state index contributed by atoms with van der Waals surface area (Å²) in [4.78, 5) is 0. The Bertz CT molecular complexity index is 381. The van der Waals surface area contributed by atoms with Crippen LogP contribution in [-0.4, -0.2) is 37.3 Å². The molecule has 0 radical (unpaired) electrons. The molecule has 2 aliphatic rings. The van der Waals surface area contributed by atoms with E-state index in [9.17, 15) is 0 Å². The fraction of sp³-hybridized carbons (Fsp3) is 0.538. The van der Waals surface area contributed by atoms with Gasteiger partial charge in [-0.2, -0.15) is 11.8 Å². The van der Waals surface area contributed by atoms with Gasteiger partial charge in [0.1, 0.15) is 12.7 Å². The number of benzene rings is 1. The van der Waals surface area contributed by atoms with Crippen LogP contribution in [0.2, 0.25) is 0 Å². The third-order valence-electron chi connectivity index (χ3n) is 3.09. The zero-order valence-corrected chi connectivity index (χ0v) is 10.5. The number of rotatable bonds is 4. The molecular weight excluding hydrogens is 234 g/mol. The van der Waals surface area contributed by atoms with E-state index in [0.29, 0.717) is 6.61 Å². The highest BCUT2D eigenvalue weighted by Crippen LogP contribution is 2.31. The molecule has 1 N–H and O–H groups in total. The van der Waals surface area contributed by atoms with Crippen LogP contribution in [0, 0.1) is 5.92 Å². The van der Waals surface area contributed by atoms with Crippen LogP contribution in [0.5, 0.6) is 11.5 Å². The normalized spacial score (nSPS) is 23.2. The summed E-state index contributed by atoms with van der Waals surface area (Å²) in [6.07, 6.45) is 0.197. The zero-order chi connectivity index (χ0) is 11.5. The van der Waals surface area contributed by atoms with E-state index in [-0.39, 0.29) is 6.10 Å². The Kier molecular flexibility index (Phi) is 3.43. The largest absolute Gasteiger partial charge is 0.486 e. The fourth-order valence-electron chi connectivity index (χ4n) is 1.98. The smallest absolute Gasteiger partial charge is 0.161 e. The molecule has 0 amide bonds. The first-order chi connectivity index (χ1) is 8.42. The number of ether oxygens (including phenoxy) is 2. The molecule has 3 rings (SSSR count). The van der Waals surface area contributed by atoms with Crippen LogP contribution >= 0.6 is 11.8 Å². The average molecular weight is 251 g/mol. The van der Waals surface area contributed by atoms with Crippen molar-refractivity contribution >= 4 is 11.8 Å². The lowest BCUT2D eigenvalue weighted by molar-refractivity contribution is 0.107. The van der Waals surface area contributed by atoms with Crippen molar-refractivity contribution in [3.63, 3.8) is 0 Å². The lowest BCUT2D eigenvalue weighted by Crippen LogP contribution is -2.43. The summed E-state index contributed by atoms with van der Waals surface area (Å²) in [6, 6.07) is 7.89. The minimum atomic E-state index is 0.197. The number of thioether (sulfide) groups is 1. The second-order valence-corrected chi connectivity index (χ2v) is 5.63. The quantitative estimate of drug-likeness (QED) is 0.883. The van der Waals surface area contributed by atoms with E-state index in [0.717, 1.165) is 23.2 Å². The van der Waals surface area contributed by atoms with Crippen molar-refractivity contribution in [3.8, 4) is 11.5 Å². The topological polar surface area (TPSA) is 30.5 Å². The van der Waals surface area contributed by atoms with Crippen molar-refractivity contribution in [2.45, 2.75) is 6.10 Å². The summed E-state index contributed by atoms with van der Waals surface area (Å²) in [6.45, 7) is 3.03. The van der Waals surface area contributed by atoms with Gasteiger partial charge in [0.2, 0.25) is 0 Å². The van der Waals surface area contributed by atoms with Gasteiger partial charge in [0.25, 0.3) is 0 Å². The van der Waals surface area contributed by atoms with Crippen molar-refractivity contribution in [1.29, 1.82) is 0 Å². The summed E-state index contributed by atoms with van der Waals surface area (Å²) in [5.41, 5.74) is 0. The van der Waals surface area contributed by atoms with Gasteiger partial charge >= 0.3 is 0 Å². The Morgan fingerprint density at radius 2 is 2.00 bits per heavy atom. The van der Waals surface area contributed by atoms with E-state index in [1.807, 2.05) is 36.0 Å². The summed E-state index contributed by atoms with van der Waals surface area (Å²) in [7, 11) is 0. The Morgan fingerprint density at radius 3 is 2.76 bits per heavy atom. The highest BCUT2D eigenvalue weighted by molar-refractivity contribution is 7.99. The predicted octanol–water partition coefficient (Wildman–Crippen LogP) is 1.78. The maximum Gasteiger partial charge on any atom is 0.161 e. The molecule has 1 unspecified atom stereocenters. The van der Waals surface area contributed by atoms with Crippen LogP contribution in [0.4, 0.5) is 0 Å². The maximum atomic E-state index is 5.90. The second-order valence-electron chi connectivity index (χ2n) is 4.56. The molecule has 0 saturated carbocycles. The van der Waals surface area contributed by atoms with Gasteiger partial charge in [0.05, 0.1) is 0 Å². The zero-order valence-electron chi connectivity index (χ0n) is 9.72. The fourth-order valence-corrected chi connectivity index (χ4v) is 3.11. The van der Waals surface area contributed by atoms with Crippen LogP contribution in [-0.2, 0) is 0 Å². The molecular formula is C13H17NO2S. The monoisotopic (exact) mass is 251 g/mol. The standard InChI is InChI=1S/C13H17NO2S/c1-2-4-13-12(3-1)15-7-11(16-13)9-17-8-10-5-14-6-10/h1-4,10-11,14H,5-9H2. The lowest BCUT2D eigenvalue weighted by Gasteiger charge is -2.29. The Morgan fingerprint density at radius 1 is 1.18 bits per heavy atom. The molecule has 4 heteroatoms. The summed E-state index contributed by atoms with van der Waals surface area (Å²) in [5.74, 6) is 4.86. The maximum absolute atomic E-state index is 5.90. The molecule has 2 heterocycles. The molecule has 92 valence electrons. The van der Waals surface area contributed by atoms with Crippen molar-refractivity contribution in [2.24, 2.45) is 5.92 Å². The summed E-state index contributed by atoms with van der Waals surface area (Å²) < 4.78 is 11.6. The molecule has 17 heavy (non-hydrogen) atoms. The number of hydrogen-bond donors (Lipinski definition) is 1. The second kappa shape index (κ2) is 5.19. The van der Waals surface area contributed by atoms with Crippen molar-refractivity contribution in [2.75, 3.05) is 31.2 Å². The average Bonchev–Trinajstić information content (AvgIpc) is 2.32. The summed E-state index contributed by atoms with van der Waals surface area (Å²) >= 11 is 1.97. The van der Waals surface area contributed by atoms with Gasteiger partial charge in [-0.05, 0) is 36.9 Å². The number of fused-ring (bicyclic) bond motifs is 1. The van der Waals surface area contributed by atoms with E-state index >= 15 is 0 Å². The minimum absolute atomic E-state index is 0.197. The van der Waals surface area contributed by atoms with Gasteiger partial charge in [-0.3, -0.25) is 0 Å². The highest BCUT2D eigenvalue weighted by atomic mass is 32.2. The van der Waals surface area contributed by atoms with Crippen LogP contribution < -0.4 is 14.8 Å². The molecule has 0 aliphatic carbocycles. The Balaban J connectivity index is 1.46. The number of nitrogens with one attached hydrogen (secondary N) is 1. The molecule has 1 aromatic rings. The third kappa shape index (κ3) is 2.69. The van der Waals surface area contributed by atoms with E-state index in [2.05, 4.69) is 5.32 Å². The van der Waals surface area contributed by atoms with Gasteiger partial charge < -0.3 is 14.8 Å². The highest BCUT2D eigenvalue weighted by Gasteiger charge is 2.22. The molecule has 2 aliphatic heterocycles. The molecule has 0 aromatic heterocycles. The first-order valence-electron chi connectivity index (χ1n) is 6.09. The third-order valence-corrected chi connectivity index (χ3v) is 4.41. The lowest BCUT2D eigenvalue weighted by atomic mass is 10.1. The van der Waals surface area contributed by atoms with Gasteiger partial charge in [0.15, 0.2) is 11.5 Å². The van der Waals surface area contributed by atoms with E-state index in [4.69, 9.17) is 9.47 Å². The molecule has 1 aromatic carbocycles. The van der Waals surface area contributed by atoms with Crippen molar-refractivity contribution in [3.05, 3.63) is 24.3 Å². The van der Waals surface area contributed by atoms with Gasteiger partial charge in [-0.25, -0.2) is 0 Å².